The minimum atomic E-state index is -0.335. The molecule has 0 aliphatic heterocycles. The summed E-state index contributed by atoms with van der Waals surface area (Å²) < 4.78 is 14.0. The van der Waals surface area contributed by atoms with Gasteiger partial charge in [-0.1, -0.05) is 6.07 Å². The number of halogens is 1. The number of benzene rings is 1. The zero-order valence-corrected chi connectivity index (χ0v) is 11.9. The zero-order valence-electron chi connectivity index (χ0n) is 11.9. The van der Waals surface area contributed by atoms with Gasteiger partial charge in [0.2, 0.25) is 0 Å². The fourth-order valence-electron chi connectivity index (χ4n) is 2.33. The van der Waals surface area contributed by atoms with Crippen LogP contribution in [0.3, 0.4) is 0 Å². The maximum absolute atomic E-state index is 14.0. The highest BCUT2D eigenvalue weighted by Gasteiger charge is 2.16. The Balaban J connectivity index is 2.35. The summed E-state index contributed by atoms with van der Waals surface area (Å²) in [6, 6.07) is 8.71. The predicted molar refractivity (Wildman–Crippen MR) is 80.0 cm³/mol. The highest BCUT2D eigenvalue weighted by molar-refractivity contribution is 5.55. The van der Waals surface area contributed by atoms with E-state index in [-0.39, 0.29) is 11.9 Å². The Bertz CT molecular complexity index is 555. The van der Waals surface area contributed by atoms with Gasteiger partial charge in [0.1, 0.15) is 5.82 Å². The molecule has 0 amide bonds. The van der Waals surface area contributed by atoms with Crippen LogP contribution in [-0.4, -0.2) is 11.5 Å². The van der Waals surface area contributed by atoms with Crippen molar-refractivity contribution in [2.45, 2.75) is 26.4 Å². The number of hydrogen-bond donors (Lipinski definition) is 1. The van der Waals surface area contributed by atoms with Gasteiger partial charge in [-0.25, -0.2) is 4.39 Å². The van der Waals surface area contributed by atoms with Crippen molar-refractivity contribution in [3.8, 4) is 0 Å². The van der Waals surface area contributed by atoms with E-state index in [1.165, 1.54) is 6.07 Å². The van der Waals surface area contributed by atoms with Gasteiger partial charge in [-0.3, -0.25) is 4.98 Å². The Morgan fingerprint density at radius 2 is 1.95 bits per heavy atom. The lowest BCUT2D eigenvalue weighted by Crippen LogP contribution is -2.25. The van der Waals surface area contributed by atoms with E-state index in [9.17, 15) is 4.39 Å². The van der Waals surface area contributed by atoms with Gasteiger partial charge in [-0.2, -0.15) is 0 Å². The second-order valence-corrected chi connectivity index (χ2v) is 4.83. The van der Waals surface area contributed by atoms with Crippen molar-refractivity contribution < 1.29 is 4.39 Å². The highest BCUT2D eigenvalue weighted by Crippen LogP contribution is 2.28. The first-order valence-electron chi connectivity index (χ1n) is 6.81. The van der Waals surface area contributed by atoms with Crippen molar-refractivity contribution in [2.24, 2.45) is 5.73 Å². The molecule has 0 aliphatic rings. The molecule has 2 aromatic rings. The van der Waals surface area contributed by atoms with E-state index in [1.807, 2.05) is 25.1 Å². The maximum atomic E-state index is 14.0. The predicted octanol–water partition coefficient (Wildman–Crippen LogP) is 3.27. The normalized spacial score (nSPS) is 12.2. The molecule has 0 saturated heterocycles. The molecule has 1 aromatic heterocycles. The Kier molecular flexibility index (Phi) is 4.69. The van der Waals surface area contributed by atoms with Gasteiger partial charge in [-0.15, -0.1) is 0 Å². The fraction of sp³-hybridized carbons (Fsp3) is 0.312. The zero-order chi connectivity index (χ0) is 14.5. The van der Waals surface area contributed by atoms with Crippen LogP contribution >= 0.6 is 0 Å². The fourth-order valence-corrected chi connectivity index (χ4v) is 2.33. The van der Waals surface area contributed by atoms with Gasteiger partial charge in [0, 0.05) is 42.8 Å². The third-order valence-corrected chi connectivity index (χ3v) is 3.33. The molecule has 1 atom stereocenters. The highest BCUT2D eigenvalue weighted by atomic mass is 19.1. The van der Waals surface area contributed by atoms with E-state index in [2.05, 4.69) is 16.8 Å². The Hall–Kier alpha value is -1.94. The van der Waals surface area contributed by atoms with Crippen LogP contribution in [0.25, 0.3) is 0 Å². The van der Waals surface area contributed by atoms with E-state index < -0.39 is 0 Å². The van der Waals surface area contributed by atoms with Gasteiger partial charge >= 0.3 is 0 Å². The first-order valence-corrected chi connectivity index (χ1v) is 6.81. The topological polar surface area (TPSA) is 42.2 Å². The molecule has 2 rings (SSSR count). The molecule has 20 heavy (non-hydrogen) atoms. The van der Waals surface area contributed by atoms with Gasteiger partial charge in [0.05, 0.1) is 0 Å². The number of anilines is 1. The third kappa shape index (κ3) is 3.14. The van der Waals surface area contributed by atoms with Gasteiger partial charge < -0.3 is 10.6 Å². The van der Waals surface area contributed by atoms with E-state index in [1.54, 1.807) is 18.5 Å². The van der Waals surface area contributed by atoms with Crippen molar-refractivity contribution in [3.63, 3.8) is 0 Å². The van der Waals surface area contributed by atoms with Crippen molar-refractivity contribution in [2.75, 3.05) is 11.4 Å². The van der Waals surface area contributed by atoms with E-state index in [0.29, 0.717) is 12.1 Å². The monoisotopic (exact) mass is 273 g/mol. The van der Waals surface area contributed by atoms with E-state index in [0.717, 1.165) is 17.8 Å². The Morgan fingerprint density at radius 3 is 2.55 bits per heavy atom. The summed E-state index contributed by atoms with van der Waals surface area (Å²) in [5.74, 6) is -0.245. The molecule has 0 bridgehead atoms. The lowest BCUT2D eigenvalue weighted by Gasteiger charge is -2.27. The Morgan fingerprint density at radius 1 is 1.25 bits per heavy atom. The summed E-state index contributed by atoms with van der Waals surface area (Å²) in [7, 11) is 0. The smallest absolute Gasteiger partial charge is 0.130 e. The minimum Gasteiger partial charge on any atom is -0.367 e. The summed E-state index contributed by atoms with van der Waals surface area (Å²) in [5, 5.41) is 0. The average molecular weight is 273 g/mol. The van der Waals surface area contributed by atoms with Crippen LogP contribution in [0.4, 0.5) is 10.1 Å². The van der Waals surface area contributed by atoms with Crippen LogP contribution in [-0.2, 0) is 6.54 Å². The van der Waals surface area contributed by atoms with Crippen molar-refractivity contribution in [1.82, 2.24) is 4.98 Å². The van der Waals surface area contributed by atoms with Crippen molar-refractivity contribution in [3.05, 3.63) is 59.7 Å². The van der Waals surface area contributed by atoms with Crippen LogP contribution < -0.4 is 10.6 Å². The number of pyridine rings is 1. The summed E-state index contributed by atoms with van der Waals surface area (Å²) in [6.07, 6.45) is 3.53. The second kappa shape index (κ2) is 6.48. The lowest BCUT2D eigenvalue weighted by molar-refractivity contribution is 0.591. The van der Waals surface area contributed by atoms with Crippen LogP contribution in [0, 0.1) is 5.82 Å². The molecule has 1 heterocycles. The number of aromatic nitrogens is 1. The molecule has 0 radical (unpaired) electrons. The summed E-state index contributed by atoms with van der Waals surface area (Å²) in [5.41, 5.74) is 8.50. The van der Waals surface area contributed by atoms with Crippen molar-refractivity contribution >= 4 is 5.69 Å². The van der Waals surface area contributed by atoms with Gasteiger partial charge in [0.25, 0.3) is 0 Å². The first kappa shape index (κ1) is 14.5. The van der Waals surface area contributed by atoms with Crippen molar-refractivity contribution in [1.29, 1.82) is 0 Å². The lowest BCUT2D eigenvalue weighted by atomic mass is 10.0. The van der Waals surface area contributed by atoms with Gasteiger partial charge in [0.15, 0.2) is 0 Å². The molecule has 2 N–H and O–H groups in total. The summed E-state index contributed by atoms with van der Waals surface area (Å²) >= 11 is 0. The standard InChI is InChI=1S/C16H20FN3/c1-3-20(11-13-7-9-19-10-8-13)15-6-4-5-14(17)16(15)12(2)18/h4-10,12H,3,11,18H2,1-2H3. The van der Waals surface area contributed by atoms with E-state index >= 15 is 0 Å². The Labute approximate surface area is 119 Å². The van der Waals surface area contributed by atoms with Crippen LogP contribution in [0.15, 0.2) is 42.7 Å². The third-order valence-electron chi connectivity index (χ3n) is 3.33. The SMILES string of the molecule is CCN(Cc1ccncc1)c1cccc(F)c1C(C)N. The van der Waals surface area contributed by atoms with E-state index in [4.69, 9.17) is 5.73 Å². The quantitative estimate of drug-likeness (QED) is 0.909. The minimum absolute atomic E-state index is 0.245. The molecule has 1 unspecified atom stereocenters. The molecule has 0 fully saturated rings. The number of nitrogens with two attached hydrogens (primary N) is 1. The second-order valence-electron chi connectivity index (χ2n) is 4.83. The molecular formula is C16H20FN3. The molecule has 3 nitrogen and oxygen atoms in total. The molecule has 106 valence electrons. The average Bonchev–Trinajstić information content (AvgIpc) is 2.45. The number of nitrogens with zero attached hydrogens (tertiary/aromatic N) is 2. The van der Waals surface area contributed by atoms with Gasteiger partial charge in [-0.05, 0) is 43.7 Å². The molecule has 0 aliphatic carbocycles. The molecule has 4 heteroatoms. The van der Waals surface area contributed by atoms with Crippen LogP contribution in [0.1, 0.15) is 31.0 Å². The van der Waals surface area contributed by atoms with Crippen LogP contribution in [0.5, 0.6) is 0 Å². The molecule has 0 saturated carbocycles. The number of hydrogen-bond acceptors (Lipinski definition) is 3. The maximum Gasteiger partial charge on any atom is 0.130 e. The number of rotatable bonds is 5. The largest absolute Gasteiger partial charge is 0.367 e. The van der Waals surface area contributed by atoms with Crippen LogP contribution in [0.2, 0.25) is 0 Å². The first-order chi connectivity index (χ1) is 9.63. The molecular weight excluding hydrogens is 253 g/mol. The molecule has 1 aromatic carbocycles. The summed E-state index contributed by atoms with van der Waals surface area (Å²) in [6.45, 7) is 5.35. The molecule has 0 spiro atoms. The summed E-state index contributed by atoms with van der Waals surface area (Å²) in [4.78, 5) is 6.13.